The largest absolute Gasteiger partial charge is 0.394 e. The molecule has 74 valence electrons. The van der Waals surface area contributed by atoms with Gasteiger partial charge in [-0.15, -0.1) is 11.3 Å². The van der Waals surface area contributed by atoms with Crippen molar-refractivity contribution >= 4 is 32.4 Å². The zero-order chi connectivity index (χ0) is 9.84. The Morgan fingerprint density at radius 1 is 1.69 bits per heavy atom. The lowest BCUT2D eigenvalue weighted by molar-refractivity contribution is 0.249. The molecule has 3 nitrogen and oxygen atoms in total. The molecule has 2 N–H and O–H groups in total. The number of nitrogens with one attached hydrogen (secondary N) is 1. The third-order valence-corrected chi connectivity index (χ3v) is 3.27. The first-order valence-corrected chi connectivity index (χ1v) is 5.79. The van der Waals surface area contributed by atoms with Crippen LogP contribution in [0.15, 0.2) is 9.98 Å². The van der Waals surface area contributed by atoms with Crippen molar-refractivity contribution in [1.29, 1.82) is 0 Å². The summed E-state index contributed by atoms with van der Waals surface area (Å²) in [5, 5.41) is 15.0. The molecule has 0 saturated heterocycles. The Bertz CT molecular complexity index is 264. The molecule has 0 aliphatic heterocycles. The van der Waals surface area contributed by atoms with Crippen LogP contribution in [0.4, 0.5) is 5.13 Å². The van der Waals surface area contributed by atoms with Crippen LogP contribution in [-0.4, -0.2) is 22.7 Å². The first-order valence-electron chi connectivity index (χ1n) is 4.12. The predicted molar refractivity (Wildman–Crippen MR) is 59.1 cm³/mol. The zero-order valence-electron chi connectivity index (χ0n) is 7.62. The van der Waals surface area contributed by atoms with Gasteiger partial charge in [-0.25, -0.2) is 4.98 Å². The maximum atomic E-state index is 9.07. The van der Waals surface area contributed by atoms with Crippen molar-refractivity contribution in [1.82, 2.24) is 4.98 Å². The lowest BCUT2D eigenvalue weighted by Crippen LogP contribution is -2.29. The van der Waals surface area contributed by atoms with Gasteiger partial charge in [0, 0.05) is 5.38 Å². The summed E-state index contributed by atoms with van der Waals surface area (Å²) < 4.78 is 0.834. The Kier molecular flexibility index (Phi) is 4.15. The molecule has 13 heavy (non-hydrogen) atoms. The predicted octanol–water partition coefficient (Wildman–Crippen LogP) is 2.33. The molecule has 1 rings (SSSR count). The number of thiazole rings is 1. The van der Waals surface area contributed by atoms with Crippen molar-refractivity contribution in [2.75, 3.05) is 11.9 Å². The average Bonchev–Trinajstić information content (AvgIpc) is 2.46. The number of anilines is 1. The van der Waals surface area contributed by atoms with Crippen LogP contribution < -0.4 is 5.32 Å². The molecule has 1 aromatic heterocycles. The van der Waals surface area contributed by atoms with Gasteiger partial charge in [-0.2, -0.15) is 0 Å². The lowest BCUT2D eigenvalue weighted by atomic mass is 10.1. The van der Waals surface area contributed by atoms with E-state index < -0.39 is 0 Å². The Balaban J connectivity index is 2.56. The number of rotatable bonds is 4. The van der Waals surface area contributed by atoms with E-state index in [0.717, 1.165) is 9.73 Å². The van der Waals surface area contributed by atoms with Gasteiger partial charge in [-0.3, -0.25) is 0 Å². The van der Waals surface area contributed by atoms with Crippen molar-refractivity contribution in [3.63, 3.8) is 0 Å². The topological polar surface area (TPSA) is 45.1 Å². The van der Waals surface area contributed by atoms with Gasteiger partial charge < -0.3 is 10.4 Å². The zero-order valence-corrected chi connectivity index (χ0v) is 10.0. The third-order valence-electron chi connectivity index (χ3n) is 1.79. The molecule has 0 aromatic carbocycles. The number of halogens is 1. The summed E-state index contributed by atoms with van der Waals surface area (Å²) in [7, 11) is 0. The van der Waals surface area contributed by atoms with Crippen molar-refractivity contribution < 1.29 is 5.11 Å². The van der Waals surface area contributed by atoms with Gasteiger partial charge in [0.05, 0.1) is 12.6 Å². The molecule has 0 bridgehead atoms. The SMILES string of the molecule is CC(C)[C@@H](CO)Nc1nc(Br)cs1. The summed E-state index contributed by atoms with van der Waals surface area (Å²) in [4.78, 5) is 4.19. The molecule has 0 aliphatic carbocycles. The molecule has 0 spiro atoms. The van der Waals surface area contributed by atoms with Gasteiger partial charge in [0.2, 0.25) is 0 Å². The van der Waals surface area contributed by atoms with Crippen LogP contribution >= 0.6 is 27.3 Å². The molecule has 1 atom stereocenters. The van der Waals surface area contributed by atoms with Gasteiger partial charge in [0.15, 0.2) is 5.13 Å². The lowest BCUT2D eigenvalue weighted by Gasteiger charge is -2.18. The molecule has 0 saturated carbocycles. The Morgan fingerprint density at radius 3 is 2.77 bits per heavy atom. The summed E-state index contributed by atoms with van der Waals surface area (Å²) in [5.74, 6) is 0.396. The number of nitrogens with zero attached hydrogens (tertiary/aromatic N) is 1. The highest BCUT2D eigenvalue weighted by atomic mass is 79.9. The molecule has 0 amide bonds. The number of aromatic nitrogens is 1. The molecule has 0 aliphatic rings. The molecule has 1 aromatic rings. The standard InChI is InChI=1S/C8H13BrN2OS/c1-5(2)6(3-12)10-8-11-7(9)4-13-8/h4-6,12H,3H2,1-2H3,(H,10,11)/t6-/m1/s1. The second-order valence-electron chi connectivity index (χ2n) is 3.15. The fourth-order valence-corrected chi connectivity index (χ4v) is 2.11. The van der Waals surface area contributed by atoms with Crippen LogP contribution in [0.3, 0.4) is 0 Å². The monoisotopic (exact) mass is 264 g/mol. The summed E-state index contributed by atoms with van der Waals surface area (Å²) in [6, 6.07) is 0.0815. The maximum Gasteiger partial charge on any atom is 0.184 e. The fourth-order valence-electron chi connectivity index (χ4n) is 0.902. The summed E-state index contributed by atoms with van der Waals surface area (Å²) in [6.45, 7) is 4.27. The van der Waals surface area contributed by atoms with Crippen molar-refractivity contribution in [3.8, 4) is 0 Å². The Morgan fingerprint density at radius 2 is 2.38 bits per heavy atom. The van der Waals surface area contributed by atoms with E-state index in [4.69, 9.17) is 5.11 Å². The summed E-state index contributed by atoms with van der Waals surface area (Å²) >= 11 is 4.81. The van der Waals surface area contributed by atoms with Crippen LogP contribution in [-0.2, 0) is 0 Å². The fraction of sp³-hybridized carbons (Fsp3) is 0.625. The Hall–Kier alpha value is -0.130. The molecule has 0 unspecified atom stereocenters. The van der Waals surface area contributed by atoms with Crippen LogP contribution in [0.2, 0.25) is 0 Å². The van der Waals surface area contributed by atoms with E-state index in [-0.39, 0.29) is 12.6 Å². The van der Waals surface area contributed by atoms with Gasteiger partial charge in [-0.05, 0) is 21.8 Å². The smallest absolute Gasteiger partial charge is 0.184 e. The minimum absolute atomic E-state index is 0.0815. The summed E-state index contributed by atoms with van der Waals surface area (Å²) in [6.07, 6.45) is 0. The highest BCUT2D eigenvalue weighted by molar-refractivity contribution is 9.10. The van der Waals surface area contributed by atoms with Crippen LogP contribution in [0.1, 0.15) is 13.8 Å². The van der Waals surface area contributed by atoms with E-state index in [1.165, 1.54) is 11.3 Å². The molecule has 0 fully saturated rings. The highest BCUT2D eigenvalue weighted by Gasteiger charge is 2.12. The van der Waals surface area contributed by atoms with Crippen LogP contribution in [0.5, 0.6) is 0 Å². The third kappa shape index (κ3) is 3.25. The molecule has 0 radical (unpaired) electrons. The number of hydrogen-bond acceptors (Lipinski definition) is 4. The van der Waals surface area contributed by atoms with Crippen LogP contribution in [0.25, 0.3) is 0 Å². The van der Waals surface area contributed by atoms with Crippen molar-refractivity contribution in [2.45, 2.75) is 19.9 Å². The van der Waals surface area contributed by atoms with Gasteiger partial charge in [0.1, 0.15) is 4.60 Å². The minimum Gasteiger partial charge on any atom is -0.394 e. The molecular formula is C8H13BrN2OS. The normalized spacial score (nSPS) is 13.3. The van der Waals surface area contributed by atoms with Gasteiger partial charge in [0.25, 0.3) is 0 Å². The molecule has 1 heterocycles. The van der Waals surface area contributed by atoms with Crippen molar-refractivity contribution in [2.24, 2.45) is 5.92 Å². The summed E-state index contributed by atoms with van der Waals surface area (Å²) in [5.41, 5.74) is 0. The number of aliphatic hydroxyl groups excluding tert-OH is 1. The minimum atomic E-state index is 0.0815. The van der Waals surface area contributed by atoms with E-state index >= 15 is 0 Å². The van der Waals surface area contributed by atoms with E-state index in [1.807, 2.05) is 5.38 Å². The second-order valence-corrected chi connectivity index (χ2v) is 4.82. The van der Waals surface area contributed by atoms with E-state index in [2.05, 4.69) is 40.1 Å². The second kappa shape index (κ2) is 4.93. The number of aliphatic hydroxyl groups is 1. The average molecular weight is 265 g/mol. The maximum absolute atomic E-state index is 9.07. The van der Waals surface area contributed by atoms with Crippen LogP contribution in [0, 0.1) is 5.92 Å². The molecular weight excluding hydrogens is 252 g/mol. The van der Waals surface area contributed by atoms with E-state index in [9.17, 15) is 0 Å². The first-order chi connectivity index (χ1) is 6.13. The first kappa shape index (κ1) is 10.9. The quantitative estimate of drug-likeness (QED) is 0.878. The number of hydrogen-bond donors (Lipinski definition) is 2. The van der Waals surface area contributed by atoms with E-state index in [0.29, 0.717) is 5.92 Å². The Labute approximate surface area is 90.3 Å². The highest BCUT2D eigenvalue weighted by Crippen LogP contribution is 2.21. The molecule has 5 heteroatoms. The van der Waals surface area contributed by atoms with Crippen molar-refractivity contribution in [3.05, 3.63) is 9.98 Å². The van der Waals surface area contributed by atoms with Gasteiger partial charge >= 0.3 is 0 Å². The van der Waals surface area contributed by atoms with E-state index in [1.54, 1.807) is 0 Å². The van der Waals surface area contributed by atoms with Gasteiger partial charge in [-0.1, -0.05) is 13.8 Å².